The first-order valence-electron chi connectivity index (χ1n) is 7.74. The minimum Gasteiger partial charge on any atom is -0.392 e. The molecule has 0 aromatic carbocycles. The Bertz CT molecular complexity index is 203. The molecule has 0 amide bonds. The zero-order valence-corrected chi connectivity index (χ0v) is 12.6. The van der Waals surface area contributed by atoms with Crippen molar-refractivity contribution in [3.63, 3.8) is 0 Å². The smallest absolute Gasteiger partial charge is 0.0664 e. The molecule has 1 fully saturated rings. The van der Waals surface area contributed by atoms with Crippen LogP contribution in [-0.2, 0) is 0 Å². The van der Waals surface area contributed by atoms with E-state index in [9.17, 15) is 5.11 Å². The normalized spacial score (nSPS) is 20.5. The third-order valence-corrected chi connectivity index (χ3v) is 4.11. The fraction of sp³-hybridized carbons (Fsp3) is 1.00. The maximum atomic E-state index is 9.67. The average Bonchev–Trinajstić information content (AvgIpc) is 2.38. The molecule has 108 valence electrons. The van der Waals surface area contributed by atoms with E-state index in [2.05, 4.69) is 30.7 Å². The number of likely N-dealkylation sites (tertiary alicyclic amines) is 1. The van der Waals surface area contributed by atoms with Crippen LogP contribution in [0.15, 0.2) is 0 Å². The molecule has 1 aliphatic rings. The van der Waals surface area contributed by atoms with Crippen molar-refractivity contribution in [2.24, 2.45) is 5.92 Å². The van der Waals surface area contributed by atoms with Crippen molar-refractivity contribution in [1.82, 2.24) is 9.80 Å². The Morgan fingerprint density at radius 3 is 2.50 bits per heavy atom. The lowest BCUT2D eigenvalue weighted by Gasteiger charge is -2.34. The fourth-order valence-corrected chi connectivity index (χ4v) is 2.74. The quantitative estimate of drug-likeness (QED) is 0.721. The lowest BCUT2D eigenvalue weighted by molar-refractivity contribution is 0.0810. The van der Waals surface area contributed by atoms with E-state index in [1.54, 1.807) is 0 Å². The Kier molecular flexibility index (Phi) is 7.87. The highest BCUT2D eigenvalue weighted by atomic mass is 16.3. The standard InChI is InChI=1S/C15H32N2O/c1-4-6-9-16(3)12-14-7-10-17(11-8-14)13-15(18)5-2/h14-15,18H,4-13H2,1-3H3. The predicted molar refractivity (Wildman–Crippen MR) is 77.9 cm³/mol. The fourth-order valence-electron chi connectivity index (χ4n) is 2.74. The number of piperidine rings is 1. The molecule has 1 unspecified atom stereocenters. The molecule has 3 nitrogen and oxygen atoms in total. The molecule has 1 N–H and O–H groups in total. The lowest BCUT2D eigenvalue weighted by Crippen LogP contribution is -2.41. The number of unbranched alkanes of at least 4 members (excludes halogenated alkanes) is 1. The summed E-state index contributed by atoms with van der Waals surface area (Å²) in [6, 6.07) is 0. The molecule has 0 bridgehead atoms. The second-order valence-corrected chi connectivity index (χ2v) is 5.92. The highest BCUT2D eigenvalue weighted by molar-refractivity contribution is 4.75. The van der Waals surface area contributed by atoms with Gasteiger partial charge in [-0.2, -0.15) is 0 Å². The summed E-state index contributed by atoms with van der Waals surface area (Å²) in [7, 11) is 2.25. The summed E-state index contributed by atoms with van der Waals surface area (Å²) in [5.41, 5.74) is 0. The molecule has 1 rings (SSSR count). The van der Waals surface area contributed by atoms with Gasteiger partial charge in [0.25, 0.3) is 0 Å². The first kappa shape index (κ1) is 15.9. The number of hydrogen-bond donors (Lipinski definition) is 1. The SMILES string of the molecule is CCCCN(C)CC1CCN(CC(O)CC)CC1. The van der Waals surface area contributed by atoms with Gasteiger partial charge in [0.1, 0.15) is 0 Å². The van der Waals surface area contributed by atoms with Crippen LogP contribution < -0.4 is 0 Å². The van der Waals surface area contributed by atoms with Gasteiger partial charge in [-0.3, -0.25) is 0 Å². The Morgan fingerprint density at radius 1 is 1.28 bits per heavy atom. The van der Waals surface area contributed by atoms with Gasteiger partial charge in [-0.05, 0) is 58.3 Å². The summed E-state index contributed by atoms with van der Waals surface area (Å²) in [6.07, 6.45) is 5.95. The van der Waals surface area contributed by atoms with E-state index in [1.807, 2.05) is 0 Å². The van der Waals surface area contributed by atoms with E-state index in [1.165, 1.54) is 51.9 Å². The van der Waals surface area contributed by atoms with E-state index in [0.29, 0.717) is 0 Å². The van der Waals surface area contributed by atoms with E-state index in [4.69, 9.17) is 0 Å². The Hall–Kier alpha value is -0.120. The zero-order chi connectivity index (χ0) is 13.4. The monoisotopic (exact) mass is 256 g/mol. The van der Waals surface area contributed by atoms with Gasteiger partial charge < -0.3 is 14.9 Å². The van der Waals surface area contributed by atoms with E-state index in [0.717, 1.165) is 18.9 Å². The number of rotatable bonds is 8. The second kappa shape index (κ2) is 8.89. The van der Waals surface area contributed by atoms with E-state index in [-0.39, 0.29) is 6.10 Å². The van der Waals surface area contributed by atoms with Gasteiger partial charge in [0.05, 0.1) is 6.10 Å². The third kappa shape index (κ3) is 6.17. The van der Waals surface area contributed by atoms with Crippen molar-refractivity contribution in [1.29, 1.82) is 0 Å². The molecular formula is C15H32N2O. The largest absolute Gasteiger partial charge is 0.392 e. The molecule has 0 radical (unpaired) electrons. The van der Waals surface area contributed by atoms with Crippen molar-refractivity contribution < 1.29 is 5.11 Å². The third-order valence-electron chi connectivity index (χ3n) is 4.11. The number of hydrogen-bond acceptors (Lipinski definition) is 3. The highest BCUT2D eigenvalue weighted by Gasteiger charge is 2.21. The minimum absolute atomic E-state index is 0.131. The summed E-state index contributed by atoms with van der Waals surface area (Å²) in [5.74, 6) is 0.863. The minimum atomic E-state index is -0.131. The molecule has 18 heavy (non-hydrogen) atoms. The first-order valence-corrected chi connectivity index (χ1v) is 7.74. The topological polar surface area (TPSA) is 26.7 Å². The molecular weight excluding hydrogens is 224 g/mol. The van der Waals surface area contributed by atoms with E-state index >= 15 is 0 Å². The number of aliphatic hydroxyl groups is 1. The predicted octanol–water partition coefficient (Wildman–Crippen LogP) is 2.20. The average molecular weight is 256 g/mol. The van der Waals surface area contributed by atoms with Crippen LogP contribution in [0.5, 0.6) is 0 Å². The van der Waals surface area contributed by atoms with Gasteiger partial charge in [0, 0.05) is 13.1 Å². The maximum Gasteiger partial charge on any atom is 0.0664 e. The molecule has 1 heterocycles. The molecule has 0 aromatic heterocycles. The second-order valence-electron chi connectivity index (χ2n) is 5.92. The molecule has 1 aliphatic heterocycles. The zero-order valence-electron chi connectivity index (χ0n) is 12.6. The summed E-state index contributed by atoms with van der Waals surface area (Å²) in [5, 5.41) is 9.67. The molecule has 0 aliphatic carbocycles. The molecule has 1 atom stereocenters. The van der Waals surface area contributed by atoms with Crippen LogP contribution >= 0.6 is 0 Å². The van der Waals surface area contributed by atoms with Crippen molar-refractivity contribution in [3.8, 4) is 0 Å². The van der Waals surface area contributed by atoms with Gasteiger partial charge >= 0.3 is 0 Å². The van der Waals surface area contributed by atoms with Crippen LogP contribution in [0.2, 0.25) is 0 Å². The highest BCUT2D eigenvalue weighted by Crippen LogP contribution is 2.18. The van der Waals surface area contributed by atoms with Crippen LogP contribution in [0.1, 0.15) is 46.0 Å². The Morgan fingerprint density at radius 2 is 1.94 bits per heavy atom. The van der Waals surface area contributed by atoms with Gasteiger partial charge in [-0.25, -0.2) is 0 Å². The number of nitrogens with zero attached hydrogens (tertiary/aromatic N) is 2. The summed E-state index contributed by atoms with van der Waals surface area (Å²) < 4.78 is 0. The van der Waals surface area contributed by atoms with Gasteiger partial charge in [0.15, 0.2) is 0 Å². The molecule has 3 heteroatoms. The van der Waals surface area contributed by atoms with Gasteiger partial charge in [0.2, 0.25) is 0 Å². The summed E-state index contributed by atoms with van der Waals surface area (Å²) in [6.45, 7) is 10.0. The van der Waals surface area contributed by atoms with Crippen LogP contribution in [0.25, 0.3) is 0 Å². The van der Waals surface area contributed by atoms with Crippen molar-refractivity contribution in [2.75, 3.05) is 39.8 Å². The molecule has 1 saturated heterocycles. The van der Waals surface area contributed by atoms with Crippen LogP contribution in [0.3, 0.4) is 0 Å². The van der Waals surface area contributed by atoms with Gasteiger partial charge in [-0.15, -0.1) is 0 Å². The Labute approximate surface area is 113 Å². The number of β-amino-alcohol motifs (C(OH)–C–C–N with tert-alkyl or cyclic N) is 1. The molecule has 0 saturated carbocycles. The summed E-state index contributed by atoms with van der Waals surface area (Å²) >= 11 is 0. The summed E-state index contributed by atoms with van der Waals surface area (Å²) in [4.78, 5) is 4.92. The van der Waals surface area contributed by atoms with Crippen molar-refractivity contribution >= 4 is 0 Å². The van der Waals surface area contributed by atoms with Crippen molar-refractivity contribution in [2.45, 2.75) is 52.1 Å². The van der Waals surface area contributed by atoms with Crippen LogP contribution in [0, 0.1) is 5.92 Å². The number of aliphatic hydroxyl groups excluding tert-OH is 1. The van der Waals surface area contributed by atoms with Crippen molar-refractivity contribution in [3.05, 3.63) is 0 Å². The van der Waals surface area contributed by atoms with E-state index < -0.39 is 0 Å². The first-order chi connectivity index (χ1) is 8.65. The molecule has 0 spiro atoms. The van der Waals surface area contributed by atoms with Gasteiger partial charge in [-0.1, -0.05) is 20.3 Å². The van der Waals surface area contributed by atoms with Crippen LogP contribution in [0.4, 0.5) is 0 Å². The molecule has 0 aromatic rings. The lowest BCUT2D eigenvalue weighted by atomic mass is 9.96. The maximum absolute atomic E-state index is 9.67. The van der Waals surface area contributed by atoms with Crippen LogP contribution in [-0.4, -0.2) is 60.8 Å². The Balaban J connectivity index is 2.14.